The molecule has 0 unspecified atom stereocenters. The molecule has 1 aliphatic heterocycles. The fourth-order valence-electron chi connectivity index (χ4n) is 3.80. The molecule has 1 saturated heterocycles. The van der Waals surface area contributed by atoms with Crippen LogP contribution in [0.3, 0.4) is 0 Å². The third-order valence-electron chi connectivity index (χ3n) is 5.41. The van der Waals surface area contributed by atoms with E-state index in [2.05, 4.69) is 12.2 Å². The van der Waals surface area contributed by atoms with Crippen molar-refractivity contribution in [2.45, 2.75) is 26.7 Å². The zero-order valence-electron chi connectivity index (χ0n) is 17.7. The van der Waals surface area contributed by atoms with Crippen molar-refractivity contribution in [1.82, 2.24) is 0 Å². The van der Waals surface area contributed by atoms with Gasteiger partial charge in [0.1, 0.15) is 5.69 Å². The summed E-state index contributed by atoms with van der Waals surface area (Å²) < 4.78 is 10.6. The number of rotatable bonds is 6. The Morgan fingerprint density at radius 1 is 1.20 bits per heavy atom. The van der Waals surface area contributed by atoms with Gasteiger partial charge in [-0.05, 0) is 49.4 Å². The fraction of sp³-hybridized carbons (Fsp3) is 0.409. The topological polar surface area (TPSA) is 93.9 Å². The summed E-state index contributed by atoms with van der Waals surface area (Å²) in [6, 6.07) is 8.08. The van der Waals surface area contributed by atoms with Gasteiger partial charge in [-0.3, -0.25) is 14.9 Å². The average Bonchev–Trinajstić information content (AvgIpc) is 2.74. The second kappa shape index (κ2) is 9.02. The monoisotopic (exact) mass is 413 g/mol. The smallest absolute Gasteiger partial charge is 0.293 e. The van der Waals surface area contributed by atoms with E-state index in [1.165, 1.54) is 13.2 Å². The number of nitro benzene ring substituents is 1. The molecule has 2 aromatic rings. The highest BCUT2D eigenvalue weighted by atomic mass is 16.6. The first-order valence-corrected chi connectivity index (χ1v) is 9.91. The molecule has 0 spiro atoms. The second-order valence-electron chi connectivity index (χ2n) is 7.63. The Kier molecular flexibility index (Phi) is 6.44. The molecule has 160 valence electrons. The van der Waals surface area contributed by atoms with Crippen molar-refractivity contribution in [2.24, 2.45) is 5.92 Å². The van der Waals surface area contributed by atoms with Gasteiger partial charge in [-0.25, -0.2) is 0 Å². The molecule has 3 rings (SSSR count). The summed E-state index contributed by atoms with van der Waals surface area (Å²) in [5.41, 5.74) is 2.07. The maximum atomic E-state index is 12.8. The first-order valence-electron chi connectivity index (χ1n) is 9.91. The molecule has 0 radical (unpaired) electrons. The predicted molar refractivity (Wildman–Crippen MR) is 116 cm³/mol. The number of nitrogens with one attached hydrogen (secondary N) is 1. The molecule has 0 aliphatic carbocycles. The van der Waals surface area contributed by atoms with Gasteiger partial charge >= 0.3 is 0 Å². The predicted octanol–water partition coefficient (Wildman–Crippen LogP) is 4.41. The minimum Gasteiger partial charge on any atom is -0.493 e. The molecular formula is C22H27N3O5. The van der Waals surface area contributed by atoms with Crippen LogP contribution >= 0.6 is 0 Å². The highest BCUT2D eigenvalue weighted by molar-refractivity contribution is 6.05. The van der Waals surface area contributed by atoms with Crippen molar-refractivity contribution < 1.29 is 19.2 Å². The number of ether oxygens (including phenoxy) is 2. The highest BCUT2D eigenvalue weighted by Crippen LogP contribution is 2.35. The summed E-state index contributed by atoms with van der Waals surface area (Å²) >= 11 is 0. The lowest BCUT2D eigenvalue weighted by atomic mass is 9.99. The van der Waals surface area contributed by atoms with Crippen LogP contribution in [0.15, 0.2) is 30.3 Å². The van der Waals surface area contributed by atoms with Crippen molar-refractivity contribution in [3.05, 3.63) is 51.6 Å². The molecule has 2 aromatic carbocycles. The molecule has 1 N–H and O–H groups in total. The quantitative estimate of drug-likeness (QED) is 0.557. The van der Waals surface area contributed by atoms with Crippen LogP contribution in [-0.2, 0) is 0 Å². The maximum absolute atomic E-state index is 12.8. The Balaban J connectivity index is 1.88. The van der Waals surface area contributed by atoms with Crippen LogP contribution in [0.2, 0.25) is 0 Å². The number of nitro groups is 1. The van der Waals surface area contributed by atoms with Crippen LogP contribution in [0, 0.1) is 23.0 Å². The lowest BCUT2D eigenvalue weighted by molar-refractivity contribution is -0.384. The van der Waals surface area contributed by atoms with Crippen LogP contribution in [0.4, 0.5) is 17.1 Å². The molecule has 1 amide bonds. The SMILES string of the molecule is COc1cc(C)c(NC(=O)c2ccc(N3CCC[C@@H](C)C3)c([N+](=O)[O-])c2)cc1OC. The van der Waals surface area contributed by atoms with Crippen molar-refractivity contribution >= 4 is 23.0 Å². The summed E-state index contributed by atoms with van der Waals surface area (Å²) in [6.07, 6.45) is 2.12. The van der Waals surface area contributed by atoms with E-state index >= 15 is 0 Å². The molecule has 8 nitrogen and oxygen atoms in total. The van der Waals surface area contributed by atoms with Gasteiger partial charge < -0.3 is 19.7 Å². The van der Waals surface area contributed by atoms with E-state index in [4.69, 9.17) is 9.47 Å². The number of anilines is 2. The molecular weight excluding hydrogens is 386 g/mol. The lowest BCUT2D eigenvalue weighted by Crippen LogP contribution is -2.34. The zero-order chi connectivity index (χ0) is 21.8. The highest BCUT2D eigenvalue weighted by Gasteiger charge is 2.25. The number of aryl methyl sites for hydroxylation is 1. The number of benzene rings is 2. The first-order chi connectivity index (χ1) is 14.3. The summed E-state index contributed by atoms with van der Waals surface area (Å²) in [5, 5.41) is 14.5. The van der Waals surface area contributed by atoms with Gasteiger partial charge in [-0.2, -0.15) is 0 Å². The minimum atomic E-state index is -0.424. The van der Waals surface area contributed by atoms with E-state index in [-0.39, 0.29) is 11.3 Å². The molecule has 1 atom stereocenters. The molecule has 1 heterocycles. The summed E-state index contributed by atoms with van der Waals surface area (Å²) in [5.74, 6) is 1.10. The minimum absolute atomic E-state index is 0.0548. The van der Waals surface area contributed by atoms with E-state index in [0.717, 1.165) is 31.5 Å². The van der Waals surface area contributed by atoms with E-state index in [9.17, 15) is 14.9 Å². The van der Waals surface area contributed by atoms with Crippen molar-refractivity contribution in [1.29, 1.82) is 0 Å². The number of carbonyl (C=O) groups excluding carboxylic acids is 1. The third-order valence-corrected chi connectivity index (χ3v) is 5.41. The number of hydrogen-bond donors (Lipinski definition) is 1. The normalized spacial score (nSPS) is 16.1. The second-order valence-corrected chi connectivity index (χ2v) is 7.63. The summed E-state index contributed by atoms with van der Waals surface area (Å²) in [7, 11) is 3.06. The average molecular weight is 413 g/mol. The number of nitrogens with zero attached hydrogens (tertiary/aromatic N) is 2. The van der Waals surface area contributed by atoms with Gasteiger partial charge in [0.05, 0.1) is 19.1 Å². The number of piperidine rings is 1. The number of methoxy groups -OCH3 is 2. The van der Waals surface area contributed by atoms with Crippen LogP contribution in [0.25, 0.3) is 0 Å². The van der Waals surface area contributed by atoms with Gasteiger partial charge in [0.2, 0.25) is 0 Å². The third kappa shape index (κ3) is 4.48. The standard InChI is InChI=1S/C22H27N3O5/c1-14-6-5-9-24(13-14)18-8-7-16(11-19(18)25(27)28)22(26)23-17-12-21(30-4)20(29-3)10-15(17)2/h7-8,10-12,14H,5-6,9,13H2,1-4H3,(H,23,26)/t14-/m1/s1. The van der Waals surface area contributed by atoms with Crippen LogP contribution in [0.1, 0.15) is 35.7 Å². The maximum Gasteiger partial charge on any atom is 0.293 e. The Morgan fingerprint density at radius 3 is 2.53 bits per heavy atom. The molecule has 1 fully saturated rings. The number of carbonyl (C=O) groups is 1. The van der Waals surface area contributed by atoms with Crippen molar-refractivity contribution in [3.8, 4) is 11.5 Å². The van der Waals surface area contributed by atoms with Gasteiger partial charge in [-0.1, -0.05) is 6.92 Å². The zero-order valence-corrected chi connectivity index (χ0v) is 17.7. The molecule has 0 aromatic heterocycles. The van der Waals surface area contributed by atoms with E-state index in [0.29, 0.717) is 28.8 Å². The Morgan fingerprint density at radius 2 is 1.90 bits per heavy atom. The van der Waals surface area contributed by atoms with Crippen LogP contribution < -0.4 is 19.7 Å². The van der Waals surface area contributed by atoms with Gasteiger partial charge in [0, 0.05) is 36.5 Å². The van der Waals surface area contributed by atoms with Gasteiger partial charge in [-0.15, -0.1) is 0 Å². The van der Waals surface area contributed by atoms with Gasteiger partial charge in [0.25, 0.3) is 11.6 Å². The fourth-order valence-corrected chi connectivity index (χ4v) is 3.80. The Labute approximate surface area is 175 Å². The van der Waals surface area contributed by atoms with E-state index in [1.807, 2.05) is 11.8 Å². The largest absolute Gasteiger partial charge is 0.493 e. The first kappa shape index (κ1) is 21.4. The van der Waals surface area contributed by atoms with Crippen LogP contribution in [0.5, 0.6) is 11.5 Å². The number of hydrogen-bond acceptors (Lipinski definition) is 6. The van der Waals surface area contributed by atoms with Crippen molar-refractivity contribution in [2.75, 3.05) is 37.5 Å². The van der Waals surface area contributed by atoms with E-state index in [1.54, 1.807) is 31.4 Å². The molecule has 8 heteroatoms. The van der Waals surface area contributed by atoms with E-state index < -0.39 is 10.8 Å². The molecule has 30 heavy (non-hydrogen) atoms. The van der Waals surface area contributed by atoms with Crippen molar-refractivity contribution in [3.63, 3.8) is 0 Å². The Bertz CT molecular complexity index is 960. The molecule has 0 saturated carbocycles. The van der Waals surface area contributed by atoms with Crippen LogP contribution in [-0.4, -0.2) is 38.1 Å². The summed E-state index contributed by atoms with van der Waals surface area (Å²) in [4.78, 5) is 26.1. The Hall–Kier alpha value is -3.29. The summed E-state index contributed by atoms with van der Waals surface area (Å²) in [6.45, 7) is 5.53. The molecule has 0 bridgehead atoms. The molecule has 1 aliphatic rings. The number of amides is 1. The lowest BCUT2D eigenvalue weighted by Gasteiger charge is -2.32. The van der Waals surface area contributed by atoms with Gasteiger partial charge in [0.15, 0.2) is 11.5 Å².